The fourth-order valence-corrected chi connectivity index (χ4v) is 3.45. The number of carbonyl (C=O) groups excluding carboxylic acids is 2. The Morgan fingerprint density at radius 2 is 1.69 bits per heavy atom. The van der Waals surface area contributed by atoms with Gasteiger partial charge < -0.3 is 10.2 Å². The zero-order chi connectivity index (χ0) is 21.2. The number of hydrogen-bond donors (Lipinski definition) is 1. The number of benzene rings is 2. The Morgan fingerprint density at radius 1 is 0.966 bits per heavy atom. The van der Waals surface area contributed by atoms with E-state index in [2.05, 4.69) is 43.4 Å². The van der Waals surface area contributed by atoms with Gasteiger partial charge in [0.25, 0.3) is 0 Å². The van der Waals surface area contributed by atoms with Crippen molar-refractivity contribution in [3.8, 4) is 0 Å². The van der Waals surface area contributed by atoms with Crippen LogP contribution in [0.2, 0.25) is 0 Å². The molecule has 0 bridgehead atoms. The predicted molar refractivity (Wildman–Crippen MR) is 119 cm³/mol. The highest BCUT2D eigenvalue weighted by Crippen LogP contribution is 2.15. The third-order valence-corrected chi connectivity index (χ3v) is 5.35. The molecule has 156 valence electrons. The summed E-state index contributed by atoms with van der Waals surface area (Å²) in [6, 6.07) is 15.8. The summed E-state index contributed by atoms with van der Waals surface area (Å²) in [4.78, 5) is 27.8. The first kappa shape index (κ1) is 22.7. The molecule has 4 nitrogen and oxygen atoms in total. The molecule has 4 heteroatoms. The number of amides is 2. The molecule has 2 aromatic carbocycles. The van der Waals surface area contributed by atoms with Crippen molar-refractivity contribution in [2.45, 2.75) is 59.4 Å². The number of hydrogen-bond acceptors (Lipinski definition) is 2. The van der Waals surface area contributed by atoms with Crippen LogP contribution in [0, 0.1) is 13.8 Å². The Kier molecular flexibility index (Phi) is 8.91. The van der Waals surface area contributed by atoms with Crippen LogP contribution in [0.25, 0.3) is 0 Å². The lowest BCUT2D eigenvalue weighted by atomic mass is 10.0. The number of rotatable bonds is 10. The molecule has 0 aliphatic rings. The number of nitrogens with one attached hydrogen (secondary N) is 1. The maximum absolute atomic E-state index is 13.3. The molecule has 0 aliphatic carbocycles. The predicted octanol–water partition coefficient (Wildman–Crippen LogP) is 4.22. The van der Waals surface area contributed by atoms with Crippen LogP contribution >= 0.6 is 0 Å². The van der Waals surface area contributed by atoms with Crippen LogP contribution < -0.4 is 5.32 Å². The van der Waals surface area contributed by atoms with Crippen molar-refractivity contribution in [2.75, 3.05) is 13.1 Å². The average Bonchev–Trinajstić information content (AvgIpc) is 2.72. The van der Waals surface area contributed by atoms with Crippen LogP contribution in [0.1, 0.15) is 48.9 Å². The molecule has 2 amide bonds. The highest BCUT2D eigenvalue weighted by Gasteiger charge is 2.28. The lowest BCUT2D eigenvalue weighted by Gasteiger charge is -2.31. The summed E-state index contributed by atoms with van der Waals surface area (Å²) in [6.07, 6.45) is 2.52. The second-order valence-electron chi connectivity index (χ2n) is 7.63. The minimum absolute atomic E-state index is 0.00248. The third kappa shape index (κ3) is 6.74. The van der Waals surface area contributed by atoms with Gasteiger partial charge in [0.05, 0.1) is 6.42 Å². The number of carbonyl (C=O) groups is 2. The smallest absolute Gasteiger partial charge is 0.242 e. The molecule has 0 radical (unpaired) electrons. The Hall–Kier alpha value is -2.62. The molecule has 0 saturated heterocycles. The molecule has 2 rings (SSSR count). The van der Waals surface area contributed by atoms with Gasteiger partial charge in [0.2, 0.25) is 11.8 Å². The van der Waals surface area contributed by atoms with Crippen molar-refractivity contribution in [3.63, 3.8) is 0 Å². The standard InChI is InChI=1S/C25H34N2O2/c1-5-15-26-25(29)23(6-2)27(16-14-21-10-8-7-9-11-21)24(28)18-22-13-12-19(3)20(4)17-22/h7-13,17,23H,5-6,14-16,18H2,1-4H3,(H,26,29)/t23-/m0/s1. The molecule has 0 spiro atoms. The van der Waals surface area contributed by atoms with Gasteiger partial charge in [-0.25, -0.2) is 0 Å². The van der Waals surface area contributed by atoms with E-state index in [0.717, 1.165) is 18.4 Å². The minimum atomic E-state index is -0.440. The maximum Gasteiger partial charge on any atom is 0.242 e. The van der Waals surface area contributed by atoms with E-state index < -0.39 is 6.04 Å². The van der Waals surface area contributed by atoms with E-state index >= 15 is 0 Å². The van der Waals surface area contributed by atoms with Crippen molar-refractivity contribution in [2.24, 2.45) is 0 Å². The monoisotopic (exact) mass is 394 g/mol. The molecule has 1 atom stereocenters. The summed E-state index contributed by atoms with van der Waals surface area (Å²) in [6.45, 7) is 9.29. The summed E-state index contributed by atoms with van der Waals surface area (Å²) in [5.41, 5.74) is 4.55. The van der Waals surface area contributed by atoms with Crippen LogP contribution in [0.15, 0.2) is 48.5 Å². The lowest BCUT2D eigenvalue weighted by Crippen LogP contribution is -2.50. The lowest BCUT2D eigenvalue weighted by molar-refractivity contribution is -0.140. The second kappa shape index (κ2) is 11.4. The van der Waals surface area contributed by atoms with E-state index in [1.54, 1.807) is 4.90 Å². The molecule has 0 aromatic heterocycles. The maximum atomic E-state index is 13.3. The molecule has 0 heterocycles. The van der Waals surface area contributed by atoms with Crippen LogP contribution in [0.4, 0.5) is 0 Å². The van der Waals surface area contributed by atoms with Crippen LogP contribution in [-0.2, 0) is 22.4 Å². The number of nitrogens with zero attached hydrogens (tertiary/aromatic N) is 1. The van der Waals surface area contributed by atoms with E-state index in [1.807, 2.05) is 38.1 Å². The highest BCUT2D eigenvalue weighted by molar-refractivity contribution is 5.88. The van der Waals surface area contributed by atoms with Crippen molar-refractivity contribution in [1.82, 2.24) is 10.2 Å². The molecule has 1 N–H and O–H groups in total. The fraction of sp³-hybridized carbons (Fsp3) is 0.440. The van der Waals surface area contributed by atoms with Crippen LogP contribution in [-0.4, -0.2) is 35.8 Å². The van der Waals surface area contributed by atoms with Gasteiger partial charge in [-0.15, -0.1) is 0 Å². The molecule has 0 unspecified atom stereocenters. The molecule has 0 aliphatic heterocycles. The van der Waals surface area contributed by atoms with Gasteiger partial charge in [-0.1, -0.05) is 62.4 Å². The minimum Gasteiger partial charge on any atom is -0.354 e. The molecule has 29 heavy (non-hydrogen) atoms. The third-order valence-electron chi connectivity index (χ3n) is 5.35. The van der Waals surface area contributed by atoms with Gasteiger partial charge in [-0.2, -0.15) is 0 Å². The van der Waals surface area contributed by atoms with Crippen molar-refractivity contribution < 1.29 is 9.59 Å². The first-order valence-electron chi connectivity index (χ1n) is 10.6. The van der Waals surface area contributed by atoms with E-state index in [1.165, 1.54) is 16.7 Å². The van der Waals surface area contributed by atoms with Gasteiger partial charge >= 0.3 is 0 Å². The SMILES string of the molecule is CCCNC(=O)[C@H](CC)N(CCc1ccccc1)C(=O)Cc1ccc(C)c(C)c1. The van der Waals surface area contributed by atoms with Crippen molar-refractivity contribution in [3.05, 3.63) is 70.8 Å². The van der Waals surface area contributed by atoms with E-state index in [0.29, 0.717) is 25.9 Å². The fourth-order valence-electron chi connectivity index (χ4n) is 3.45. The van der Waals surface area contributed by atoms with E-state index in [4.69, 9.17) is 0 Å². The quantitative estimate of drug-likeness (QED) is 0.656. The van der Waals surface area contributed by atoms with Gasteiger partial charge in [0.15, 0.2) is 0 Å². The summed E-state index contributed by atoms with van der Waals surface area (Å²) < 4.78 is 0. The summed E-state index contributed by atoms with van der Waals surface area (Å²) in [5.74, 6) is -0.0569. The Bertz CT molecular complexity index is 802. The molecular weight excluding hydrogens is 360 g/mol. The van der Waals surface area contributed by atoms with Gasteiger partial charge in [0.1, 0.15) is 6.04 Å². The molecular formula is C25H34N2O2. The van der Waals surface area contributed by atoms with Crippen LogP contribution in [0.5, 0.6) is 0 Å². The van der Waals surface area contributed by atoms with Crippen LogP contribution in [0.3, 0.4) is 0 Å². The zero-order valence-corrected chi connectivity index (χ0v) is 18.2. The highest BCUT2D eigenvalue weighted by atomic mass is 16.2. The van der Waals surface area contributed by atoms with Gasteiger partial charge in [-0.05, 0) is 55.4 Å². The van der Waals surface area contributed by atoms with E-state index in [9.17, 15) is 9.59 Å². The van der Waals surface area contributed by atoms with Crippen molar-refractivity contribution >= 4 is 11.8 Å². The second-order valence-corrected chi connectivity index (χ2v) is 7.63. The van der Waals surface area contributed by atoms with E-state index in [-0.39, 0.29) is 11.8 Å². The summed E-state index contributed by atoms with van der Waals surface area (Å²) in [7, 11) is 0. The largest absolute Gasteiger partial charge is 0.354 e. The molecule has 0 saturated carbocycles. The summed E-state index contributed by atoms with van der Waals surface area (Å²) >= 11 is 0. The van der Waals surface area contributed by atoms with Crippen molar-refractivity contribution in [1.29, 1.82) is 0 Å². The zero-order valence-electron chi connectivity index (χ0n) is 18.2. The Balaban J connectivity index is 2.19. The first-order chi connectivity index (χ1) is 14.0. The molecule has 2 aromatic rings. The van der Waals surface area contributed by atoms with Gasteiger partial charge in [0, 0.05) is 13.1 Å². The van der Waals surface area contributed by atoms with Gasteiger partial charge in [-0.3, -0.25) is 9.59 Å². The molecule has 0 fully saturated rings. The average molecular weight is 395 g/mol. The summed E-state index contributed by atoms with van der Waals surface area (Å²) in [5, 5.41) is 2.96. The number of aryl methyl sites for hydroxylation is 2. The first-order valence-corrected chi connectivity index (χ1v) is 10.6. The Labute approximate surface area is 175 Å². The Morgan fingerprint density at radius 3 is 2.31 bits per heavy atom. The normalized spacial score (nSPS) is 11.7. The topological polar surface area (TPSA) is 49.4 Å².